The molecule has 0 bridgehead atoms. The summed E-state index contributed by atoms with van der Waals surface area (Å²) in [5.74, 6) is 0.944. The van der Waals surface area contributed by atoms with Crippen molar-refractivity contribution in [1.29, 1.82) is 0 Å². The quantitative estimate of drug-likeness (QED) is 0.831. The minimum Gasteiger partial charge on any atom is -0.481 e. The van der Waals surface area contributed by atoms with Crippen molar-refractivity contribution in [1.82, 2.24) is 20.5 Å². The summed E-state index contributed by atoms with van der Waals surface area (Å²) in [5, 5.41) is 13.6. The van der Waals surface area contributed by atoms with Gasteiger partial charge < -0.3 is 15.4 Å². The van der Waals surface area contributed by atoms with Crippen molar-refractivity contribution in [3.63, 3.8) is 0 Å². The number of carbonyl (C=O) groups excluding carboxylic acids is 1. The molecule has 7 nitrogen and oxygen atoms in total. The van der Waals surface area contributed by atoms with Crippen molar-refractivity contribution in [2.45, 2.75) is 13.5 Å². The van der Waals surface area contributed by atoms with Gasteiger partial charge in [-0.1, -0.05) is 6.07 Å². The number of nitrogens with zero attached hydrogens (tertiary/aromatic N) is 3. The molecule has 0 saturated carbocycles. The highest BCUT2D eigenvalue weighted by molar-refractivity contribution is 5.92. The molecule has 1 amide bonds. The Labute approximate surface area is 122 Å². The normalized spacial score (nSPS) is 10.0. The van der Waals surface area contributed by atoms with Gasteiger partial charge in [0.2, 0.25) is 5.88 Å². The third-order valence-corrected chi connectivity index (χ3v) is 2.71. The smallest absolute Gasteiger partial charge is 0.271 e. The standard InChI is InChI=1S/C14H17N5O2/c1-3-15-14(20)11-5-6-12(19-18-11)16-8-10-4-7-13(21-2)17-9-10/h4-7,9H,3,8H2,1-2H3,(H,15,20)(H,16,19). The van der Waals surface area contributed by atoms with Crippen molar-refractivity contribution in [3.8, 4) is 5.88 Å². The molecule has 0 aliphatic heterocycles. The summed E-state index contributed by atoms with van der Waals surface area (Å²) in [6.07, 6.45) is 1.72. The van der Waals surface area contributed by atoms with Gasteiger partial charge in [0.25, 0.3) is 5.91 Å². The monoisotopic (exact) mass is 287 g/mol. The van der Waals surface area contributed by atoms with Crippen LogP contribution in [-0.4, -0.2) is 34.7 Å². The SMILES string of the molecule is CCNC(=O)c1ccc(NCc2ccc(OC)nc2)nn1. The van der Waals surface area contributed by atoms with E-state index in [1.807, 2.05) is 13.0 Å². The highest BCUT2D eigenvalue weighted by atomic mass is 16.5. The van der Waals surface area contributed by atoms with E-state index in [1.165, 1.54) is 0 Å². The van der Waals surface area contributed by atoms with Crippen LogP contribution in [0.25, 0.3) is 0 Å². The maximum absolute atomic E-state index is 11.5. The Morgan fingerprint density at radius 3 is 2.67 bits per heavy atom. The van der Waals surface area contributed by atoms with Crippen molar-refractivity contribution in [2.24, 2.45) is 0 Å². The first-order valence-corrected chi connectivity index (χ1v) is 6.57. The van der Waals surface area contributed by atoms with Gasteiger partial charge in [0.05, 0.1) is 7.11 Å². The third-order valence-electron chi connectivity index (χ3n) is 2.71. The van der Waals surface area contributed by atoms with Crippen molar-refractivity contribution < 1.29 is 9.53 Å². The molecule has 2 aromatic heterocycles. The van der Waals surface area contributed by atoms with Gasteiger partial charge in [-0.25, -0.2) is 4.98 Å². The Morgan fingerprint density at radius 2 is 2.10 bits per heavy atom. The second kappa shape index (κ2) is 7.18. The zero-order valence-corrected chi connectivity index (χ0v) is 12.0. The van der Waals surface area contributed by atoms with E-state index in [4.69, 9.17) is 4.74 Å². The number of aromatic nitrogens is 3. The highest BCUT2D eigenvalue weighted by Crippen LogP contribution is 2.09. The maximum atomic E-state index is 11.5. The zero-order valence-electron chi connectivity index (χ0n) is 12.0. The van der Waals surface area contributed by atoms with E-state index in [9.17, 15) is 4.79 Å². The Kier molecular flexibility index (Phi) is 5.03. The van der Waals surface area contributed by atoms with Gasteiger partial charge in [0, 0.05) is 25.4 Å². The van der Waals surface area contributed by atoms with Crippen LogP contribution in [0.5, 0.6) is 5.88 Å². The number of ether oxygens (including phenoxy) is 1. The fourth-order valence-corrected chi connectivity index (χ4v) is 1.63. The number of anilines is 1. The largest absolute Gasteiger partial charge is 0.481 e. The van der Waals surface area contributed by atoms with Gasteiger partial charge in [-0.05, 0) is 24.6 Å². The summed E-state index contributed by atoms with van der Waals surface area (Å²) >= 11 is 0. The van der Waals surface area contributed by atoms with E-state index in [0.717, 1.165) is 5.56 Å². The molecule has 0 spiro atoms. The van der Waals surface area contributed by atoms with E-state index < -0.39 is 0 Å². The van der Waals surface area contributed by atoms with Gasteiger partial charge >= 0.3 is 0 Å². The van der Waals surface area contributed by atoms with E-state index in [0.29, 0.717) is 30.5 Å². The molecular weight excluding hydrogens is 270 g/mol. The number of hydrogen-bond acceptors (Lipinski definition) is 6. The molecule has 2 N–H and O–H groups in total. The maximum Gasteiger partial charge on any atom is 0.271 e. The molecule has 0 fully saturated rings. The van der Waals surface area contributed by atoms with Crippen LogP contribution in [0, 0.1) is 0 Å². The lowest BCUT2D eigenvalue weighted by Crippen LogP contribution is -2.24. The third kappa shape index (κ3) is 4.13. The molecule has 0 unspecified atom stereocenters. The summed E-state index contributed by atoms with van der Waals surface area (Å²) in [6, 6.07) is 7.05. The van der Waals surface area contributed by atoms with Crippen molar-refractivity contribution in [2.75, 3.05) is 19.0 Å². The predicted octanol–water partition coefficient (Wildman–Crippen LogP) is 1.24. The molecule has 110 valence electrons. The van der Waals surface area contributed by atoms with E-state index in [1.54, 1.807) is 31.5 Å². The van der Waals surface area contributed by atoms with Gasteiger partial charge in [-0.2, -0.15) is 0 Å². The summed E-state index contributed by atoms with van der Waals surface area (Å²) in [7, 11) is 1.58. The van der Waals surface area contributed by atoms with Gasteiger partial charge in [-0.3, -0.25) is 4.79 Å². The van der Waals surface area contributed by atoms with Gasteiger partial charge in [-0.15, -0.1) is 10.2 Å². The first-order valence-electron chi connectivity index (χ1n) is 6.57. The fourth-order valence-electron chi connectivity index (χ4n) is 1.63. The number of amides is 1. The van der Waals surface area contributed by atoms with Crippen LogP contribution in [0.3, 0.4) is 0 Å². The second-order valence-corrected chi connectivity index (χ2v) is 4.23. The van der Waals surface area contributed by atoms with E-state index in [2.05, 4.69) is 25.8 Å². The van der Waals surface area contributed by atoms with Crippen LogP contribution in [0.4, 0.5) is 5.82 Å². The minimum absolute atomic E-state index is 0.226. The van der Waals surface area contributed by atoms with Crippen molar-refractivity contribution in [3.05, 3.63) is 41.7 Å². The van der Waals surface area contributed by atoms with E-state index >= 15 is 0 Å². The molecule has 21 heavy (non-hydrogen) atoms. The molecule has 0 aliphatic rings. The van der Waals surface area contributed by atoms with Crippen LogP contribution >= 0.6 is 0 Å². The molecule has 2 aromatic rings. The predicted molar refractivity (Wildman–Crippen MR) is 78.2 cm³/mol. The van der Waals surface area contributed by atoms with Gasteiger partial charge in [0.1, 0.15) is 5.82 Å². The molecule has 2 heterocycles. The van der Waals surface area contributed by atoms with Crippen molar-refractivity contribution >= 4 is 11.7 Å². The molecule has 0 atom stereocenters. The molecule has 0 aromatic carbocycles. The topological polar surface area (TPSA) is 89.0 Å². The highest BCUT2D eigenvalue weighted by Gasteiger charge is 2.06. The molecule has 2 rings (SSSR count). The zero-order chi connectivity index (χ0) is 15.1. The Balaban J connectivity index is 1.92. The second-order valence-electron chi connectivity index (χ2n) is 4.23. The number of carbonyl (C=O) groups is 1. The number of methoxy groups -OCH3 is 1. The van der Waals surface area contributed by atoms with Crippen LogP contribution in [0.1, 0.15) is 23.0 Å². The molecule has 7 heteroatoms. The number of nitrogens with one attached hydrogen (secondary N) is 2. The number of rotatable bonds is 6. The van der Waals surface area contributed by atoms with Gasteiger partial charge in [0.15, 0.2) is 5.69 Å². The number of pyridine rings is 1. The van der Waals surface area contributed by atoms with Crippen LogP contribution in [-0.2, 0) is 6.54 Å². The lowest BCUT2D eigenvalue weighted by molar-refractivity contribution is 0.0950. The average Bonchev–Trinajstić information content (AvgIpc) is 2.54. The fraction of sp³-hybridized carbons (Fsp3) is 0.286. The Hall–Kier alpha value is -2.70. The summed E-state index contributed by atoms with van der Waals surface area (Å²) in [4.78, 5) is 15.7. The van der Waals surface area contributed by atoms with Crippen LogP contribution in [0.2, 0.25) is 0 Å². The molecule has 0 radical (unpaired) electrons. The summed E-state index contributed by atoms with van der Waals surface area (Å²) in [6.45, 7) is 2.97. The molecule has 0 aliphatic carbocycles. The molecular formula is C14H17N5O2. The first-order chi connectivity index (χ1) is 10.2. The minimum atomic E-state index is -0.226. The molecule has 0 saturated heterocycles. The van der Waals surface area contributed by atoms with Crippen LogP contribution < -0.4 is 15.4 Å². The summed E-state index contributed by atoms with van der Waals surface area (Å²) in [5.41, 5.74) is 1.29. The lowest BCUT2D eigenvalue weighted by atomic mass is 10.3. The number of hydrogen-bond donors (Lipinski definition) is 2. The average molecular weight is 287 g/mol. The lowest BCUT2D eigenvalue weighted by Gasteiger charge is -2.06. The summed E-state index contributed by atoms with van der Waals surface area (Å²) < 4.78 is 5.00. The Bertz CT molecular complexity index is 583. The Morgan fingerprint density at radius 1 is 1.24 bits per heavy atom. The van der Waals surface area contributed by atoms with E-state index in [-0.39, 0.29) is 5.91 Å². The van der Waals surface area contributed by atoms with Crippen LogP contribution in [0.15, 0.2) is 30.5 Å². The first kappa shape index (κ1) is 14.7.